The van der Waals surface area contributed by atoms with E-state index in [2.05, 4.69) is 4.98 Å². The summed E-state index contributed by atoms with van der Waals surface area (Å²) in [6.45, 7) is 5.63. The third kappa shape index (κ3) is 3.30. The Morgan fingerprint density at radius 3 is 2.40 bits per heavy atom. The van der Waals surface area contributed by atoms with E-state index >= 15 is 0 Å². The zero-order chi connectivity index (χ0) is 14.8. The molecule has 0 spiro atoms. The van der Waals surface area contributed by atoms with Crippen LogP contribution in [0.15, 0.2) is 42.7 Å². The van der Waals surface area contributed by atoms with Crippen LogP contribution in [0.1, 0.15) is 31.9 Å². The molecule has 3 nitrogen and oxygen atoms in total. The predicted molar refractivity (Wildman–Crippen MR) is 80.1 cm³/mol. The van der Waals surface area contributed by atoms with E-state index in [-0.39, 0.29) is 6.10 Å². The van der Waals surface area contributed by atoms with Crippen LogP contribution in [0, 0.1) is 0 Å². The van der Waals surface area contributed by atoms with Crippen LogP contribution in [-0.2, 0) is 5.60 Å². The first-order chi connectivity index (χ1) is 9.39. The topological polar surface area (TPSA) is 42.4 Å². The van der Waals surface area contributed by atoms with E-state index in [0.717, 1.165) is 5.56 Å². The number of hydrogen-bond acceptors (Lipinski definition) is 3. The van der Waals surface area contributed by atoms with Crippen molar-refractivity contribution in [1.82, 2.24) is 4.98 Å². The summed E-state index contributed by atoms with van der Waals surface area (Å²) in [7, 11) is 0. The van der Waals surface area contributed by atoms with E-state index in [0.29, 0.717) is 16.3 Å². The summed E-state index contributed by atoms with van der Waals surface area (Å²) in [6, 6.07) is 8.93. The van der Waals surface area contributed by atoms with Crippen molar-refractivity contribution in [3.63, 3.8) is 0 Å². The highest BCUT2D eigenvalue weighted by atomic mass is 35.5. The fourth-order valence-corrected chi connectivity index (χ4v) is 2.09. The largest absolute Gasteiger partial charge is 0.489 e. The van der Waals surface area contributed by atoms with E-state index in [9.17, 15) is 5.11 Å². The molecule has 1 aromatic heterocycles. The molecule has 106 valence electrons. The average Bonchev–Trinajstić information content (AvgIpc) is 2.39. The Hall–Kier alpha value is -1.58. The minimum Gasteiger partial charge on any atom is -0.489 e. The van der Waals surface area contributed by atoms with Crippen molar-refractivity contribution in [3.8, 4) is 5.75 Å². The summed E-state index contributed by atoms with van der Waals surface area (Å²) in [6.07, 6.45) is 3.34. The molecule has 0 radical (unpaired) electrons. The first kappa shape index (κ1) is 14.8. The van der Waals surface area contributed by atoms with Crippen LogP contribution >= 0.6 is 11.6 Å². The van der Waals surface area contributed by atoms with Crippen LogP contribution < -0.4 is 4.74 Å². The Morgan fingerprint density at radius 2 is 1.80 bits per heavy atom. The molecule has 1 heterocycles. The Labute approximate surface area is 124 Å². The molecule has 1 atom stereocenters. The number of hydrogen-bond donors (Lipinski definition) is 1. The van der Waals surface area contributed by atoms with Crippen LogP contribution in [-0.4, -0.2) is 16.2 Å². The maximum atomic E-state index is 10.8. The van der Waals surface area contributed by atoms with Crippen LogP contribution in [0.5, 0.6) is 5.75 Å². The molecule has 2 aromatic rings. The van der Waals surface area contributed by atoms with Crippen LogP contribution in [0.25, 0.3) is 0 Å². The van der Waals surface area contributed by atoms with Gasteiger partial charge in [-0.1, -0.05) is 23.7 Å². The minimum absolute atomic E-state index is 0.0625. The third-order valence-electron chi connectivity index (χ3n) is 3.05. The number of ether oxygens (including phenoxy) is 1. The zero-order valence-electron chi connectivity index (χ0n) is 11.8. The van der Waals surface area contributed by atoms with Crippen molar-refractivity contribution >= 4 is 11.6 Å². The van der Waals surface area contributed by atoms with Crippen LogP contribution in [0.2, 0.25) is 5.02 Å². The smallest absolute Gasteiger partial charge is 0.138 e. The molecular weight excluding hydrogens is 274 g/mol. The van der Waals surface area contributed by atoms with Gasteiger partial charge < -0.3 is 9.84 Å². The van der Waals surface area contributed by atoms with Gasteiger partial charge in [0, 0.05) is 16.8 Å². The monoisotopic (exact) mass is 291 g/mol. The molecule has 0 amide bonds. The van der Waals surface area contributed by atoms with Crippen molar-refractivity contribution in [2.75, 3.05) is 0 Å². The molecule has 2 rings (SSSR count). The van der Waals surface area contributed by atoms with Crippen molar-refractivity contribution in [3.05, 3.63) is 58.9 Å². The van der Waals surface area contributed by atoms with Crippen LogP contribution in [0.4, 0.5) is 0 Å². The molecule has 0 saturated heterocycles. The molecule has 0 aliphatic rings. The molecule has 0 aliphatic heterocycles. The van der Waals surface area contributed by atoms with Gasteiger partial charge in [0.15, 0.2) is 0 Å². The standard InChI is InChI=1S/C16H18ClNO2/c1-11(2)20-15-8-13(9-18-10-15)16(3,19)12-4-6-14(17)7-5-12/h4-11,19H,1-3H3. The van der Waals surface area contributed by atoms with Gasteiger partial charge in [0.1, 0.15) is 11.4 Å². The minimum atomic E-state index is -1.14. The van der Waals surface area contributed by atoms with Gasteiger partial charge >= 0.3 is 0 Å². The molecular formula is C16H18ClNO2. The van der Waals surface area contributed by atoms with E-state index in [1.165, 1.54) is 0 Å². The molecule has 1 aromatic carbocycles. The second-order valence-corrected chi connectivity index (χ2v) is 5.59. The van der Waals surface area contributed by atoms with E-state index in [1.54, 1.807) is 43.6 Å². The molecule has 20 heavy (non-hydrogen) atoms. The van der Waals surface area contributed by atoms with E-state index in [1.807, 2.05) is 19.9 Å². The lowest BCUT2D eigenvalue weighted by Crippen LogP contribution is -2.23. The number of aliphatic hydroxyl groups is 1. The second-order valence-electron chi connectivity index (χ2n) is 5.16. The molecule has 0 saturated carbocycles. The number of halogens is 1. The van der Waals surface area contributed by atoms with E-state index in [4.69, 9.17) is 16.3 Å². The Kier molecular flexibility index (Phi) is 4.31. The number of benzene rings is 1. The van der Waals surface area contributed by atoms with Gasteiger partial charge in [0.2, 0.25) is 0 Å². The number of aromatic nitrogens is 1. The fourth-order valence-electron chi connectivity index (χ4n) is 1.96. The summed E-state index contributed by atoms with van der Waals surface area (Å²) in [4.78, 5) is 4.14. The number of pyridine rings is 1. The first-order valence-corrected chi connectivity index (χ1v) is 6.88. The first-order valence-electron chi connectivity index (χ1n) is 6.50. The van der Waals surface area contributed by atoms with Crippen molar-refractivity contribution in [1.29, 1.82) is 0 Å². The zero-order valence-corrected chi connectivity index (χ0v) is 12.6. The Bertz CT molecular complexity index is 579. The van der Waals surface area contributed by atoms with E-state index < -0.39 is 5.60 Å². The summed E-state index contributed by atoms with van der Waals surface area (Å²) < 4.78 is 5.61. The second kappa shape index (κ2) is 5.81. The predicted octanol–water partition coefficient (Wildman–Crippen LogP) is 3.78. The van der Waals surface area contributed by atoms with Crippen LogP contribution in [0.3, 0.4) is 0 Å². The van der Waals surface area contributed by atoms with Gasteiger partial charge in [-0.25, -0.2) is 0 Å². The molecule has 1 N–H and O–H groups in total. The van der Waals surface area contributed by atoms with Gasteiger partial charge in [-0.3, -0.25) is 4.98 Å². The van der Waals surface area contributed by atoms with Gasteiger partial charge in [0.25, 0.3) is 0 Å². The lowest BCUT2D eigenvalue weighted by atomic mass is 9.89. The van der Waals surface area contributed by atoms with Crippen molar-refractivity contribution in [2.45, 2.75) is 32.5 Å². The normalized spacial score (nSPS) is 14.1. The summed E-state index contributed by atoms with van der Waals surface area (Å²) in [5.74, 6) is 0.645. The lowest BCUT2D eigenvalue weighted by molar-refractivity contribution is 0.101. The van der Waals surface area contributed by atoms with Gasteiger partial charge in [-0.15, -0.1) is 0 Å². The van der Waals surface area contributed by atoms with Crippen molar-refractivity contribution < 1.29 is 9.84 Å². The number of nitrogens with zero attached hydrogens (tertiary/aromatic N) is 1. The fraction of sp³-hybridized carbons (Fsp3) is 0.312. The summed E-state index contributed by atoms with van der Waals surface area (Å²) >= 11 is 5.88. The quantitative estimate of drug-likeness (QED) is 0.932. The molecule has 1 unspecified atom stereocenters. The van der Waals surface area contributed by atoms with Gasteiger partial charge in [0.05, 0.1) is 12.3 Å². The highest BCUT2D eigenvalue weighted by Crippen LogP contribution is 2.31. The third-order valence-corrected chi connectivity index (χ3v) is 3.31. The molecule has 4 heteroatoms. The highest BCUT2D eigenvalue weighted by Gasteiger charge is 2.26. The average molecular weight is 292 g/mol. The number of rotatable bonds is 4. The SMILES string of the molecule is CC(C)Oc1cncc(C(C)(O)c2ccc(Cl)cc2)c1. The summed E-state index contributed by atoms with van der Waals surface area (Å²) in [5.41, 5.74) is 0.289. The Balaban J connectivity index is 2.35. The maximum Gasteiger partial charge on any atom is 0.138 e. The van der Waals surface area contributed by atoms with Gasteiger partial charge in [-0.2, -0.15) is 0 Å². The lowest BCUT2D eigenvalue weighted by Gasteiger charge is -2.25. The molecule has 0 bridgehead atoms. The highest BCUT2D eigenvalue weighted by molar-refractivity contribution is 6.30. The molecule has 0 fully saturated rings. The van der Waals surface area contributed by atoms with Crippen molar-refractivity contribution in [2.24, 2.45) is 0 Å². The molecule has 0 aliphatic carbocycles. The Morgan fingerprint density at radius 1 is 1.15 bits per heavy atom. The maximum absolute atomic E-state index is 10.8. The van der Waals surface area contributed by atoms with Gasteiger partial charge in [-0.05, 0) is 44.5 Å². The summed E-state index contributed by atoms with van der Waals surface area (Å²) in [5, 5.41) is 11.4.